The number of fused-ring (bicyclic) bond motifs is 1. The molecule has 0 radical (unpaired) electrons. The zero-order valence-corrected chi connectivity index (χ0v) is 16.6. The number of nitrogens with one attached hydrogen (secondary N) is 1. The van der Waals surface area contributed by atoms with Gasteiger partial charge in [0.15, 0.2) is 0 Å². The van der Waals surface area contributed by atoms with E-state index in [9.17, 15) is 4.79 Å². The Kier molecular flexibility index (Phi) is 5.22. The summed E-state index contributed by atoms with van der Waals surface area (Å²) in [5.74, 6) is 0.197. The highest BCUT2D eigenvalue weighted by atomic mass is 79.9. The second-order valence-electron chi connectivity index (χ2n) is 6.82. The van der Waals surface area contributed by atoms with Crippen LogP contribution in [0.3, 0.4) is 0 Å². The molecule has 0 spiro atoms. The summed E-state index contributed by atoms with van der Waals surface area (Å²) in [6, 6.07) is 9.60. The van der Waals surface area contributed by atoms with Crippen LogP contribution in [0, 0.1) is 5.92 Å². The molecule has 0 saturated carbocycles. The number of aryl methyl sites for hydroxylation is 1. The van der Waals surface area contributed by atoms with E-state index in [0.29, 0.717) is 11.6 Å². The molecule has 0 aliphatic carbocycles. The predicted molar refractivity (Wildman–Crippen MR) is 106 cm³/mol. The summed E-state index contributed by atoms with van der Waals surface area (Å²) in [6.07, 6.45) is 5.41. The number of nitrogens with zero attached hydrogens (tertiary/aromatic N) is 3. The van der Waals surface area contributed by atoms with E-state index in [1.165, 1.54) is 0 Å². The highest BCUT2D eigenvalue weighted by Crippen LogP contribution is 2.31. The Balaban J connectivity index is 1.67. The molecule has 0 unspecified atom stereocenters. The van der Waals surface area contributed by atoms with E-state index in [2.05, 4.69) is 31.3 Å². The zero-order valence-electron chi connectivity index (χ0n) is 15.1. The monoisotopic (exact) mass is 428 g/mol. The number of hydrogen-bond acceptors (Lipinski definition) is 4. The number of pyridine rings is 1. The first-order valence-corrected chi connectivity index (χ1v) is 9.83. The Morgan fingerprint density at radius 1 is 1.33 bits per heavy atom. The van der Waals surface area contributed by atoms with E-state index in [1.807, 2.05) is 36.5 Å². The molecule has 1 saturated heterocycles. The molecule has 27 heavy (non-hydrogen) atoms. The Morgan fingerprint density at radius 2 is 2.15 bits per heavy atom. The van der Waals surface area contributed by atoms with E-state index >= 15 is 0 Å². The number of carbonyl (C=O) groups is 1. The molecule has 1 atom stereocenters. The van der Waals surface area contributed by atoms with E-state index in [4.69, 9.17) is 4.74 Å². The molecular formula is C20H21BrN4O2. The molecule has 1 aliphatic heterocycles. The van der Waals surface area contributed by atoms with E-state index in [-0.39, 0.29) is 11.9 Å². The van der Waals surface area contributed by atoms with Crippen molar-refractivity contribution >= 4 is 32.7 Å². The largest absolute Gasteiger partial charge is 0.381 e. The molecule has 1 amide bonds. The number of rotatable bonds is 4. The lowest BCUT2D eigenvalue weighted by Gasteiger charge is -2.31. The van der Waals surface area contributed by atoms with Gasteiger partial charge in [-0.1, -0.05) is 22.0 Å². The van der Waals surface area contributed by atoms with Crippen LogP contribution in [0.25, 0.3) is 10.9 Å². The normalized spacial score (nSPS) is 16.4. The number of amides is 1. The van der Waals surface area contributed by atoms with Crippen molar-refractivity contribution < 1.29 is 9.53 Å². The number of aromatic nitrogens is 3. The summed E-state index contributed by atoms with van der Waals surface area (Å²) in [6.45, 7) is 1.44. The van der Waals surface area contributed by atoms with Gasteiger partial charge >= 0.3 is 0 Å². The molecule has 140 valence electrons. The van der Waals surface area contributed by atoms with Crippen LogP contribution in [0.4, 0.5) is 0 Å². The summed E-state index contributed by atoms with van der Waals surface area (Å²) < 4.78 is 8.09. The Bertz CT molecular complexity index is 951. The number of ether oxygens (including phenoxy) is 1. The van der Waals surface area contributed by atoms with Gasteiger partial charge in [0.25, 0.3) is 5.91 Å². The van der Waals surface area contributed by atoms with E-state index in [0.717, 1.165) is 47.0 Å². The quantitative estimate of drug-likeness (QED) is 0.688. The van der Waals surface area contributed by atoms with Gasteiger partial charge in [-0.3, -0.25) is 14.5 Å². The molecule has 4 rings (SSSR count). The third kappa shape index (κ3) is 3.75. The summed E-state index contributed by atoms with van der Waals surface area (Å²) in [5, 5.41) is 8.57. The van der Waals surface area contributed by atoms with Crippen molar-refractivity contribution in [2.45, 2.75) is 18.9 Å². The summed E-state index contributed by atoms with van der Waals surface area (Å²) in [5.41, 5.74) is 2.38. The molecule has 2 aromatic heterocycles. The minimum atomic E-state index is -0.123. The Labute approximate surface area is 166 Å². The molecule has 6 nitrogen and oxygen atoms in total. The van der Waals surface area contributed by atoms with Crippen LogP contribution in [0.1, 0.15) is 34.9 Å². The topological polar surface area (TPSA) is 69.0 Å². The van der Waals surface area contributed by atoms with Crippen LogP contribution in [0.5, 0.6) is 0 Å². The second kappa shape index (κ2) is 7.78. The van der Waals surface area contributed by atoms with Crippen molar-refractivity contribution in [1.29, 1.82) is 0 Å². The molecule has 1 aromatic carbocycles. The average Bonchev–Trinajstić information content (AvgIpc) is 3.02. The van der Waals surface area contributed by atoms with Crippen molar-refractivity contribution in [3.05, 3.63) is 58.5 Å². The summed E-state index contributed by atoms with van der Waals surface area (Å²) in [7, 11) is 1.80. The van der Waals surface area contributed by atoms with Gasteiger partial charge in [-0.2, -0.15) is 5.10 Å². The maximum absolute atomic E-state index is 13.2. The molecule has 3 aromatic rings. The summed E-state index contributed by atoms with van der Waals surface area (Å²) in [4.78, 5) is 17.5. The van der Waals surface area contributed by atoms with Gasteiger partial charge in [-0.15, -0.1) is 0 Å². The second-order valence-corrected chi connectivity index (χ2v) is 7.74. The van der Waals surface area contributed by atoms with Gasteiger partial charge in [-0.05, 0) is 48.6 Å². The number of hydrogen-bond donors (Lipinski definition) is 1. The average molecular weight is 429 g/mol. The first-order valence-electron chi connectivity index (χ1n) is 9.04. The fourth-order valence-electron chi connectivity index (χ4n) is 3.73. The molecule has 7 heteroatoms. The van der Waals surface area contributed by atoms with Crippen molar-refractivity contribution in [3.8, 4) is 0 Å². The lowest BCUT2D eigenvalue weighted by Crippen LogP contribution is -2.37. The molecule has 0 bridgehead atoms. The van der Waals surface area contributed by atoms with E-state index < -0.39 is 0 Å². The van der Waals surface area contributed by atoms with E-state index in [1.54, 1.807) is 17.9 Å². The van der Waals surface area contributed by atoms with Gasteiger partial charge in [0.2, 0.25) is 0 Å². The molecule has 1 N–H and O–H groups in total. The number of halogens is 1. The zero-order chi connectivity index (χ0) is 18.8. The van der Waals surface area contributed by atoms with Crippen LogP contribution in [0.15, 0.2) is 47.2 Å². The van der Waals surface area contributed by atoms with Crippen LogP contribution in [-0.4, -0.2) is 33.9 Å². The third-order valence-corrected chi connectivity index (χ3v) is 5.57. The van der Waals surface area contributed by atoms with Crippen LogP contribution in [-0.2, 0) is 11.8 Å². The maximum Gasteiger partial charge on any atom is 0.270 e. The molecule has 3 heterocycles. The van der Waals surface area contributed by atoms with Crippen molar-refractivity contribution in [1.82, 2.24) is 20.1 Å². The molecule has 1 aliphatic rings. The fraction of sp³-hybridized carbons (Fsp3) is 0.350. The predicted octanol–water partition coefficient (Wildman–Crippen LogP) is 3.63. The minimum Gasteiger partial charge on any atom is -0.381 e. The number of benzene rings is 1. The Hall–Kier alpha value is -2.25. The molecular weight excluding hydrogens is 408 g/mol. The SMILES string of the molecule is Cn1nc2cc(Br)ccc2c1C(=O)N[C@@H](c1cccnc1)C1CCOCC1. The van der Waals surface area contributed by atoms with Gasteiger partial charge in [0.05, 0.1) is 11.6 Å². The van der Waals surface area contributed by atoms with Crippen molar-refractivity contribution in [2.75, 3.05) is 13.2 Å². The smallest absolute Gasteiger partial charge is 0.270 e. The molecule has 1 fully saturated rings. The first kappa shape index (κ1) is 18.1. The number of carbonyl (C=O) groups excluding carboxylic acids is 1. The highest BCUT2D eigenvalue weighted by Gasteiger charge is 2.29. The van der Waals surface area contributed by atoms with Crippen LogP contribution < -0.4 is 5.32 Å². The van der Waals surface area contributed by atoms with Crippen molar-refractivity contribution in [3.63, 3.8) is 0 Å². The first-order chi connectivity index (χ1) is 13.1. The highest BCUT2D eigenvalue weighted by molar-refractivity contribution is 9.10. The van der Waals surface area contributed by atoms with Crippen molar-refractivity contribution in [2.24, 2.45) is 13.0 Å². The van der Waals surface area contributed by atoms with Gasteiger partial charge < -0.3 is 10.1 Å². The lowest BCUT2D eigenvalue weighted by molar-refractivity contribution is 0.0512. The van der Waals surface area contributed by atoms with Gasteiger partial charge in [-0.25, -0.2) is 0 Å². The third-order valence-electron chi connectivity index (χ3n) is 5.08. The van der Waals surface area contributed by atoms with Gasteiger partial charge in [0.1, 0.15) is 5.69 Å². The Morgan fingerprint density at radius 3 is 2.89 bits per heavy atom. The fourth-order valence-corrected chi connectivity index (χ4v) is 4.08. The van der Waals surface area contributed by atoms with Crippen LogP contribution in [0.2, 0.25) is 0 Å². The standard InChI is InChI=1S/C20H21BrN4O2/c1-25-19(16-5-4-15(21)11-17(16)24-25)20(26)23-18(13-6-9-27-10-7-13)14-3-2-8-22-12-14/h2-5,8,11-13,18H,6-7,9-10H2,1H3,(H,23,26)/t18-/m1/s1. The van der Waals surface area contributed by atoms with Crippen LogP contribution >= 0.6 is 15.9 Å². The van der Waals surface area contributed by atoms with Gasteiger partial charge in [0, 0.05) is 42.5 Å². The lowest BCUT2D eigenvalue weighted by atomic mass is 9.87. The summed E-state index contributed by atoms with van der Waals surface area (Å²) >= 11 is 3.46. The maximum atomic E-state index is 13.2. The minimum absolute atomic E-state index is 0.101.